The van der Waals surface area contributed by atoms with Gasteiger partial charge in [-0.05, 0) is 64.3 Å². The van der Waals surface area contributed by atoms with Crippen molar-refractivity contribution in [2.24, 2.45) is 5.73 Å². The molecule has 2 rings (SSSR count). The summed E-state index contributed by atoms with van der Waals surface area (Å²) in [7, 11) is 0. The fourth-order valence-electron chi connectivity index (χ4n) is 2.82. The van der Waals surface area contributed by atoms with Crippen LogP contribution < -0.4 is 16.0 Å². The quantitative estimate of drug-likeness (QED) is 0.819. The molecule has 0 fully saturated rings. The van der Waals surface area contributed by atoms with Crippen molar-refractivity contribution >= 4 is 11.8 Å². The van der Waals surface area contributed by atoms with E-state index in [1.165, 1.54) is 5.56 Å². The van der Waals surface area contributed by atoms with Crippen molar-refractivity contribution in [2.45, 2.75) is 52.2 Å². The van der Waals surface area contributed by atoms with Gasteiger partial charge in [-0.15, -0.1) is 0 Å². The van der Waals surface area contributed by atoms with E-state index in [4.69, 9.17) is 10.5 Å². The van der Waals surface area contributed by atoms with Gasteiger partial charge in [0.2, 0.25) is 0 Å². The highest BCUT2D eigenvalue weighted by Gasteiger charge is 2.28. The summed E-state index contributed by atoms with van der Waals surface area (Å²) in [6.45, 7) is 8.71. The smallest absolute Gasteiger partial charge is 0.414 e. The maximum absolute atomic E-state index is 12.6. The van der Waals surface area contributed by atoms with Crippen molar-refractivity contribution in [3.05, 3.63) is 29.3 Å². The molecular formula is C18H29N3O2. The van der Waals surface area contributed by atoms with Crippen LogP contribution in [-0.4, -0.2) is 31.3 Å². The second-order valence-corrected chi connectivity index (χ2v) is 6.98. The van der Waals surface area contributed by atoms with Gasteiger partial charge in [0.15, 0.2) is 0 Å². The molecule has 5 nitrogen and oxygen atoms in total. The molecule has 0 aliphatic carbocycles. The number of rotatable bonds is 5. The number of anilines is 1. The minimum Gasteiger partial charge on any atom is -0.443 e. The molecule has 23 heavy (non-hydrogen) atoms. The molecule has 0 bridgehead atoms. The standard InChI is InChI=1S/C18H29N3O2/c1-18(2,3)23-17(22)21-12-5-9-14-7-4-8-15(16(14)21)13-20-11-6-10-19/h4,7-8,20H,5-6,9-13,19H2,1-3H3. The zero-order valence-electron chi connectivity index (χ0n) is 14.5. The number of para-hydroxylation sites is 1. The zero-order chi connectivity index (χ0) is 16.9. The lowest BCUT2D eigenvalue weighted by Crippen LogP contribution is -2.40. The highest BCUT2D eigenvalue weighted by atomic mass is 16.6. The van der Waals surface area contributed by atoms with Crippen LogP contribution in [0.1, 0.15) is 44.7 Å². The first-order valence-corrected chi connectivity index (χ1v) is 8.44. The minimum absolute atomic E-state index is 0.257. The maximum atomic E-state index is 12.6. The van der Waals surface area contributed by atoms with Gasteiger partial charge in [-0.1, -0.05) is 18.2 Å². The van der Waals surface area contributed by atoms with E-state index in [0.29, 0.717) is 13.1 Å². The molecule has 3 N–H and O–H groups in total. The summed E-state index contributed by atoms with van der Waals surface area (Å²) in [5.74, 6) is 0. The average molecular weight is 319 g/mol. The molecule has 0 saturated carbocycles. The van der Waals surface area contributed by atoms with Crippen LogP contribution in [0, 0.1) is 0 Å². The maximum Gasteiger partial charge on any atom is 0.414 e. The van der Waals surface area contributed by atoms with Crippen molar-refractivity contribution in [3.8, 4) is 0 Å². The first kappa shape index (κ1) is 17.8. The van der Waals surface area contributed by atoms with Crippen molar-refractivity contribution < 1.29 is 9.53 Å². The van der Waals surface area contributed by atoms with E-state index >= 15 is 0 Å². The van der Waals surface area contributed by atoms with Gasteiger partial charge in [-0.3, -0.25) is 4.90 Å². The van der Waals surface area contributed by atoms with E-state index in [1.807, 2.05) is 20.8 Å². The molecule has 0 spiro atoms. The molecule has 128 valence electrons. The average Bonchev–Trinajstić information content (AvgIpc) is 2.49. The molecule has 1 heterocycles. The molecule has 0 unspecified atom stereocenters. The lowest BCUT2D eigenvalue weighted by atomic mass is 9.98. The molecule has 0 atom stereocenters. The molecule has 1 aliphatic heterocycles. The lowest BCUT2D eigenvalue weighted by molar-refractivity contribution is 0.0577. The SMILES string of the molecule is CC(C)(C)OC(=O)N1CCCc2cccc(CNCCCN)c21. The third kappa shape index (κ3) is 4.94. The normalized spacial score (nSPS) is 14.5. The Kier molecular flexibility index (Phi) is 6.02. The predicted molar refractivity (Wildman–Crippen MR) is 93.7 cm³/mol. The van der Waals surface area contributed by atoms with Gasteiger partial charge in [-0.25, -0.2) is 4.79 Å². The van der Waals surface area contributed by atoms with Crippen LogP contribution in [0.2, 0.25) is 0 Å². The van der Waals surface area contributed by atoms with E-state index in [-0.39, 0.29) is 6.09 Å². The third-order valence-electron chi connectivity index (χ3n) is 3.79. The molecule has 5 heteroatoms. The van der Waals surface area contributed by atoms with Crippen LogP contribution in [0.4, 0.5) is 10.5 Å². The monoisotopic (exact) mass is 319 g/mol. The fraction of sp³-hybridized carbons (Fsp3) is 0.611. The number of hydrogen-bond donors (Lipinski definition) is 2. The number of nitrogens with one attached hydrogen (secondary N) is 1. The summed E-state index contributed by atoms with van der Waals surface area (Å²) >= 11 is 0. The number of ether oxygens (including phenoxy) is 1. The van der Waals surface area contributed by atoms with Gasteiger partial charge in [0.1, 0.15) is 5.60 Å². The van der Waals surface area contributed by atoms with Crippen LogP contribution in [-0.2, 0) is 17.7 Å². The first-order valence-electron chi connectivity index (χ1n) is 8.44. The number of carbonyl (C=O) groups excluding carboxylic acids is 1. The van der Waals surface area contributed by atoms with E-state index in [0.717, 1.165) is 43.6 Å². The second-order valence-electron chi connectivity index (χ2n) is 6.98. The van der Waals surface area contributed by atoms with Gasteiger partial charge in [0, 0.05) is 13.1 Å². The van der Waals surface area contributed by atoms with Crippen molar-refractivity contribution in [1.29, 1.82) is 0 Å². The Morgan fingerprint density at radius 2 is 2.17 bits per heavy atom. The fourth-order valence-corrected chi connectivity index (χ4v) is 2.82. The molecule has 0 aromatic heterocycles. The summed E-state index contributed by atoms with van der Waals surface area (Å²) in [4.78, 5) is 14.4. The van der Waals surface area contributed by atoms with Gasteiger partial charge < -0.3 is 15.8 Å². The summed E-state index contributed by atoms with van der Waals surface area (Å²) in [5, 5.41) is 3.40. The predicted octanol–water partition coefficient (Wildman–Crippen LogP) is 2.81. The Hall–Kier alpha value is -1.59. The Morgan fingerprint density at radius 3 is 2.87 bits per heavy atom. The van der Waals surface area contributed by atoms with Gasteiger partial charge >= 0.3 is 6.09 Å². The van der Waals surface area contributed by atoms with Crippen LogP contribution in [0.5, 0.6) is 0 Å². The Labute approximate surface area is 139 Å². The number of benzene rings is 1. The molecule has 1 aromatic rings. The van der Waals surface area contributed by atoms with Crippen LogP contribution in [0.25, 0.3) is 0 Å². The lowest BCUT2D eigenvalue weighted by Gasteiger charge is -2.33. The third-order valence-corrected chi connectivity index (χ3v) is 3.79. The number of nitrogens with two attached hydrogens (primary N) is 1. The van der Waals surface area contributed by atoms with Crippen LogP contribution in [0.15, 0.2) is 18.2 Å². The second kappa shape index (κ2) is 7.79. The number of fused-ring (bicyclic) bond motifs is 1. The van der Waals surface area contributed by atoms with E-state index in [2.05, 4.69) is 23.5 Å². The molecule has 0 saturated heterocycles. The van der Waals surface area contributed by atoms with Crippen molar-refractivity contribution in [1.82, 2.24) is 5.32 Å². The first-order chi connectivity index (χ1) is 10.9. The summed E-state index contributed by atoms with van der Waals surface area (Å²) in [5.41, 5.74) is 8.43. The van der Waals surface area contributed by atoms with Crippen molar-refractivity contribution in [3.63, 3.8) is 0 Å². The Bertz CT molecular complexity index is 538. The highest BCUT2D eigenvalue weighted by Crippen LogP contribution is 2.32. The minimum atomic E-state index is -0.483. The van der Waals surface area contributed by atoms with E-state index in [9.17, 15) is 4.79 Å². The number of hydrogen-bond acceptors (Lipinski definition) is 4. The number of aryl methyl sites for hydroxylation is 1. The molecule has 1 amide bonds. The molecular weight excluding hydrogens is 290 g/mol. The van der Waals surface area contributed by atoms with Gasteiger partial charge in [0.25, 0.3) is 0 Å². The number of carbonyl (C=O) groups is 1. The molecule has 0 radical (unpaired) electrons. The topological polar surface area (TPSA) is 67.6 Å². The molecule has 1 aromatic carbocycles. The number of amides is 1. The largest absolute Gasteiger partial charge is 0.443 e. The Balaban J connectivity index is 2.19. The summed E-state index contributed by atoms with van der Waals surface area (Å²) in [6, 6.07) is 6.25. The zero-order valence-corrected chi connectivity index (χ0v) is 14.5. The van der Waals surface area contributed by atoms with E-state index in [1.54, 1.807) is 4.90 Å². The summed E-state index contributed by atoms with van der Waals surface area (Å²) < 4.78 is 5.58. The summed E-state index contributed by atoms with van der Waals surface area (Å²) in [6.07, 6.45) is 2.67. The Morgan fingerprint density at radius 1 is 1.39 bits per heavy atom. The van der Waals surface area contributed by atoms with Crippen molar-refractivity contribution in [2.75, 3.05) is 24.5 Å². The highest BCUT2D eigenvalue weighted by molar-refractivity contribution is 5.90. The molecule has 1 aliphatic rings. The van der Waals surface area contributed by atoms with Crippen LogP contribution in [0.3, 0.4) is 0 Å². The van der Waals surface area contributed by atoms with Crippen LogP contribution >= 0.6 is 0 Å². The van der Waals surface area contributed by atoms with Gasteiger partial charge in [-0.2, -0.15) is 0 Å². The van der Waals surface area contributed by atoms with E-state index < -0.39 is 5.60 Å². The van der Waals surface area contributed by atoms with Gasteiger partial charge in [0.05, 0.1) is 5.69 Å². The number of nitrogens with zero attached hydrogens (tertiary/aromatic N) is 1.